The zero-order chi connectivity index (χ0) is 27.1. The van der Waals surface area contributed by atoms with Gasteiger partial charge in [0.2, 0.25) is 0 Å². The van der Waals surface area contributed by atoms with E-state index in [1.165, 1.54) is 0 Å². The van der Waals surface area contributed by atoms with E-state index in [1.807, 2.05) is 36.4 Å². The van der Waals surface area contributed by atoms with Crippen LogP contribution in [0.5, 0.6) is 0 Å². The van der Waals surface area contributed by atoms with Gasteiger partial charge in [0.15, 0.2) is 0 Å². The van der Waals surface area contributed by atoms with Crippen molar-refractivity contribution in [3.63, 3.8) is 0 Å². The van der Waals surface area contributed by atoms with Crippen molar-refractivity contribution in [1.82, 2.24) is 0 Å². The van der Waals surface area contributed by atoms with E-state index in [4.69, 9.17) is 14.2 Å². The van der Waals surface area contributed by atoms with E-state index < -0.39 is 12.2 Å². The summed E-state index contributed by atoms with van der Waals surface area (Å²) >= 11 is 0. The topological polar surface area (TPSA) is 61.8 Å². The summed E-state index contributed by atoms with van der Waals surface area (Å²) in [5.74, 6) is 0.119. The SMILES string of the molecule is CC(C)C12CC(C(C)C)(C(OC(=O)c3ccccc3)C1OC(=O)c1ccccc1)C1C2C2(C)CCC1(C)O2. The molecule has 2 saturated heterocycles. The Balaban J connectivity index is 1.51. The molecule has 0 amide bonds. The molecule has 8 unspecified atom stereocenters. The summed E-state index contributed by atoms with van der Waals surface area (Å²) in [6.45, 7) is 13.5. The standard InChI is InChI=1S/C33H40O5/c1-20(2)32-19-33(21(3)4,25-24(32)30(5)17-18-31(25,6)38-30)27(37-29(35)23-15-11-8-12-16-23)26(32)36-28(34)22-13-9-7-10-14-22/h7-16,20-21,24-27H,17-19H2,1-6H3. The summed E-state index contributed by atoms with van der Waals surface area (Å²) in [6.07, 6.45) is 1.74. The summed E-state index contributed by atoms with van der Waals surface area (Å²) in [6, 6.07) is 18.3. The third kappa shape index (κ3) is 3.20. The maximum atomic E-state index is 13.6. The van der Waals surface area contributed by atoms with Crippen molar-refractivity contribution >= 4 is 11.9 Å². The fourth-order valence-corrected chi connectivity index (χ4v) is 9.54. The predicted octanol–water partition coefficient (Wildman–Crippen LogP) is 6.71. The molecule has 38 heavy (non-hydrogen) atoms. The number of fused-ring (bicyclic) bond motifs is 9. The van der Waals surface area contributed by atoms with Crippen LogP contribution in [-0.2, 0) is 14.2 Å². The zero-order valence-corrected chi connectivity index (χ0v) is 23.4. The molecule has 0 aromatic heterocycles. The number of benzene rings is 2. The van der Waals surface area contributed by atoms with Gasteiger partial charge in [0.1, 0.15) is 12.2 Å². The maximum absolute atomic E-state index is 13.6. The van der Waals surface area contributed by atoms with E-state index in [0.717, 1.165) is 19.3 Å². The molecular formula is C33H40O5. The Hall–Kier alpha value is -2.66. The molecule has 4 aliphatic rings. The molecule has 2 saturated carbocycles. The van der Waals surface area contributed by atoms with Crippen LogP contribution in [0.1, 0.15) is 81.5 Å². The lowest BCUT2D eigenvalue weighted by atomic mass is 9.49. The molecule has 5 nitrogen and oxygen atoms in total. The van der Waals surface area contributed by atoms with E-state index in [1.54, 1.807) is 24.3 Å². The Bertz CT molecular complexity index is 1150. The minimum Gasteiger partial charge on any atom is -0.454 e. The molecule has 0 spiro atoms. The lowest BCUT2D eigenvalue weighted by Gasteiger charge is -2.55. The summed E-state index contributed by atoms with van der Waals surface area (Å²) in [5, 5.41) is 0. The van der Waals surface area contributed by atoms with Crippen LogP contribution in [0.15, 0.2) is 60.7 Å². The van der Waals surface area contributed by atoms with Crippen molar-refractivity contribution in [3.05, 3.63) is 71.8 Å². The average Bonchev–Trinajstić information content (AvgIpc) is 3.57. The highest BCUT2D eigenvalue weighted by molar-refractivity contribution is 5.90. The van der Waals surface area contributed by atoms with Crippen LogP contribution in [0, 0.1) is 34.5 Å². The second-order valence-electron chi connectivity index (χ2n) is 13.3. The molecule has 4 fully saturated rings. The molecule has 4 bridgehead atoms. The molecule has 5 heteroatoms. The van der Waals surface area contributed by atoms with Crippen LogP contribution in [0.4, 0.5) is 0 Å². The van der Waals surface area contributed by atoms with Crippen LogP contribution >= 0.6 is 0 Å². The van der Waals surface area contributed by atoms with Crippen LogP contribution in [-0.4, -0.2) is 35.3 Å². The van der Waals surface area contributed by atoms with Crippen molar-refractivity contribution in [1.29, 1.82) is 0 Å². The Morgan fingerprint density at radius 2 is 1.08 bits per heavy atom. The van der Waals surface area contributed by atoms with Gasteiger partial charge in [-0.1, -0.05) is 64.1 Å². The summed E-state index contributed by atoms with van der Waals surface area (Å²) in [7, 11) is 0. The van der Waals surface area contributed by atoms with E-state index in [9.17, 15) is 9.59 Å². The van der Waals surface area contributed by atoms with Gasteiger partial charge in [-0.3, -0.25) is 0 Å². The van der Waals surface area contributed by atoms with Crippen LogP contribution in [0.3, 0.4) is 0 Å². The van der Waals surface area contributed by atoms with Crippen LogP contribution in [0.2, 0.25) is 0 Å². The number of ether oxygens (including phenoxy) is 3. The largest absolute Gasteiger partial charge is 0.454 e. The van der Waals surface area contributed by atoms with Gasteiger partial charge in [-0.05, 0) is 69.2 Å². The van der Waals surface area contributed by atoms with Gasteiger partial charge in [-0.15, -0.1) is 0 Å². The second-order valence-corrected chi connectivity index (χ2v) is 13.3. The lowest BCUT2D eigenvalue weighted by Crippen LogP contribution is -2.63. The number of hydrogen-bond acceptors (Lipinski definition) is 5. The first-order chi connectivity index (χ1) is 18.0. The highest BCUT2D eigenvalue weighted by Gasteiger charge is 2.87. The summed E-state index contributed by atoms with van der Waals surface area (Å²) in [4.78, 5) is 27.2. The van der Waals surface area contributed by atoms with E-state index in [-0.39, 0.29) is 57.6 Å². The molecule has 2 aliphatic carbocycles. The van der Waals surface area contributed by atoms with Crippen LogP contribution < -0.4 is 0 Å². The van der Waals surface area contributed by atoms with Gasteiger partial charge < -0.3 is 14.2 Å². The first-order valence-electron chi connectivity index (χ1n) is 14.2. The molecule has 8 atom stereocenters. The van der Waals surface area contributed by atoms with Crippen molar-refractivity contribution in [2.24, 2.45) is 34.5 Å². The molecule has 0 N–H and O–H groups in total. The Kier molecular flexibility index (Phi) is 5.67. The number of carbonyl (C=O) groups is 2. The van der Waals surface area contributed by atoms with Gasteiger partial charge in [0.25, 0.3) is 0 Å². The quantitative estimate of drug-likeness (QED) is 0.399. The van der Waals surface area contributed by atoms with E-state index in [2.05, 4.69) is 41.5 Å². The Morgan fingerprint density at radius 3 is 1.42 bits per heavy atom. The third-order valence-electron chi connectivity index (χ3n) is 11.0. The van der Waals surface area contributed by atoms with Gasteiger partial charge in [0.05, 0.1) is 22.3 Å². The molecule has 2 aromatic carbocycles. The van der Waals surface area contributed by atoms with Crippen molar-refractivity contribution < 1.29 is 23.8 Å². The van der Waals surface area contributed by atoms with Crippen molar-refractivity contribution in [3.8, 4) is 0 Å². The summed E-state index contributed by atoms with van der Waals surface area (Å²) in [5.41, 5.74) is -0.278. The lowest BCUT2D eigenvalue weighted by molar-refractivity contribution is -0.168. The Morgan fingerprint density at radius 1 is 0.711 bits per heavy atom. The monoisotopic (exact) mass is 516 g/mol. The molecule has 2 aromatic rings. The third-order valence-corrected chi connectivity index (χ3v) is 11.0. The highest BCUT2D eigenvalue weighted by atomic mass is 16.6. The van der Waals surface area contributed by atoms with Gasteiger partial charge in [-0.2, -0.15) is 0 Å². The first kappa shape index (κ1) is 25.6. The van der Waals surface area contributed by atoms with Crippen molar-refractivity contribution in [2.45, 2.75) is 84.2 Å². The molecule has 0 radical (unpaired) electrons. The number of carbonyl (C=O) groups excluding carboxylic acids is 2. The molecule has 6 rings (SSSR count). The zero-order valence-electron chi connectivity index (χ0n) is 23.4. The fourth-order valence-electron chi connectivity index (χ4n) is 9.54. The molecular weight excluding hydrogens is 476 g/mol. The first-order valence-corrected chi connectivity index (χ1v) is 14.2. The fraction of sp³-hybridized carbons (Fsp3) is 0.576. The predicted molar refractivity (Wildman–Crippen MR) is 145 cm³/mol. The minimum absolute atomic E-state index is 0.202. The molecule has 2 aliphatic heterocycles. The van der Waals surface area contributed by atoms with Gasteiger partial charge in [0, 0.05) is 22.7 Å². The van der Waals surface area contributed by atoms with Crippen molar-refractivity contribution in [2.75, 3.05) is 0 Å². The highest BCUT2D eigenvalue weighted by Crippen LogP contribution is 2.82. The Labute approximate surface area is 226 Å². The van der Waals surface area contributed by atoms with Gasteiger partial charge >= 0.3 is 11.9 Å². The smallest absolute Gasteiger partial charge is 0.338 e. The number of esters is 2. The summed E-state index contributed by atoms with van der Waals surface area (Å²) < 4.78 is 20.0. The van der Waals surface area contributed by atoms with Crippen LogP contribution in [0.25, 0.3) is 0 Å². The minimum atomic E-state index is -0.560. The molecule has 2 heterocycles. The van der Waals surface area contributed by atoms with Gasteiger partial charge in [-0.25, -0.2) is 9.59 Å². The average molecular weight is 517 g/mol. The molecule has 202 valence electrons. The second kappa shape index (κ2) is 8.42. The number of hydrogen-bond donors (Lipinski definition) is 0. The van der Waals surface area contributed by atoms with E-state index in [0.29, 0.717) is 11.1 Å². The maximum Gasteiger partial charge on any atom is 0.338 e. The number of rotatable bonds is 6. The van der Waals surface area contributed by atoms with E-state index >= 15 is 0 Å². The normalized spacial score (nSPS) is 40.5.